The van der Waals surface area contributed by atoms with Crippen LogP contribution in [-0.4, -0.2) is 50.9 Å². The number of nitrogens with one attached hydrogen (secondary N) is 2. The van der Waals surface area contributed by atoms with Crippen molar-refractivity contribution in [2.45, 2.75) is 63.3 Å². The lowest BCUT2D eigenvalue weighted by atomic mass is 10.1. The number of fused-ring (bicyclic) bond motifs is 1. The third-order valence-electron chi connectivity index (χ3n) is 5.02. The molecule has 1 aromatic rings. The molecule has 148 valence electrons. The molecule has 0 aliphatic carbocycles. The smallest absolute Gasteiger partial charge is 0.345 e. The molecule has 1 aromatic heterocycles. The maximum absolute atomic E-state index is 12.3. The lowest BCUT2D eigenvalue weighted by molar-refractivity contribution is 0.509. The quantitative estimate of drug-likeness (QED) is 0.273. The summed E-state index contributed by atoms with van der Waals surface area (Å²) in [6.45, 7) is 5.50. The van der Waals surface area contributed by atoms with Crippen LogP contribution in [0, 0.1) is 0 Å². The van der Waals surface area contributed by atoms with Gasteiger partial charge in [-0.1, -0.05) is 0 Å². The molecule has 2 aliphatic heterocycles. The summed E-state index contributed by atoms with van der Waals surface area (Å²) in [5.74, 6) is 3.04. The molecule has 2 aliphatic rings. The van der Waals surface area contributed by atoms with Crippen LogP contribution < -0.4 is 16.3 Å². The summed E-state index contributed by atoms with van der Waals surface area (Å²) < 4.78 is 3.77. The minimum absolute atomic E-state index is 0. The van der Waals surface area contributed by atoms with E-state index in [0.717, 1.165) is 57.1 Å². The second-order valence-electron chi connectivity index (χ2n) is 7.14. The normalized spacial score (nSPS) is 22.6. The average molecular weight is 494 g/mol. The highest BCUT2D eigenvalue weighted by atomic mass is 127. The van der Waals surface area contributed by atoms with Crippen LogP contribution in [-0.2, 0) is 19.5 Å². The highest BCUT2D eigenvalue weighted by Gasteiger charge is 2.29. The van der Waals surface area contributed by atoms with Crippen molar-refractivity contribution >= 4 is 41.7 Å². The van der Waals surface area contributed by atoms with Crippen molar-refractivity contribution in [2.24, 2.45) is 4.99 Å². The van der Waals surface area contributed by atoms with Gasteiger partial charge in [-0.2, -0.15) is 16.9 Å². The van der Waals surface area contributed by atoms with Crippen LogP contribution in [0.2, 0.25) is 0 Å². The zero-order chi connectivity index (χ0) is 17.7. The van der Waals surface area contributed by atoms with Crippen molar-refractivity contribution in [2.75, 3.05) is 25.9 Å². The maximum atomic E-state index is 12.3. The molecule has 1 fully saturated rings. The summed E-state index contributed by atoms with van der Waals surface area (Å²) in [5.41, 5.74) is 0.0448. The lowest BCUT2D eigenvalue weighted by Crippen LogP contribution is -2.44. The second-order valence-corrected chi connectivity index (χ2v) is 8.82. The highest BCUT2D eigenvalue weighted by Crippen LogP contribution is 2.36. The van der Waals surface area contributed by atoms with Gasteiger partial charge in [0.25, 0.3) is 0 Å². The van der Waals surface area contributed by atoms with Crippen LogP contribution in [0.5, 0.6) is 0 Å². The summed E-state index contributed by atoms with van der Waals surface area (Å²) in [4.78, 5) is 16.6. The summed E-state index contributed by atoms with van der Waals surface area (Å²) >= 11 is 2.04. The summed E-state index contributed by atoms with van der Waals surface area (Å²) in [6.07, 6.45) is 6.56. The number of aryl methyl sites for hydroxylation is 2. The number of nitrogens with zero attached hydrogens (tertiary/aromatic N) is 4. The van der Waals surface area contributed by atoms with E-state index in [1.807, 2.05) is 16.3 Å². The molecule has 2 N–H and O–H groups in total. The first-order valence-electron chi connectivity index (χ1n) is 9.36. The van der Waals surface area contributed by atoms with Crippen LogP contribution in [0.4, 0.5) is 0 Å². The Bertz CT molecular complexity index is 665. The van der Waals surface area contributed by atoms with Crippen molar-refractivity contribution in [3.63, 3.8) is 0 Å². The Morgan fingerprint density at radius 3 is 2.88 bits per heavy atom. The van der Waals surface area contributed by atoms with Crippen molar-refractivity contribution in [1.29, 1.82) is 0 Å². The lowest BCUT2D eigenvalue weighted by Gasteiger charge is -2.24. The third kappa shape index (κ3) is 5.40. The van der Waals surface area contributed by atoms with Crippen LogP contribution >= 0.6 is 35.7 Å². The van der Waals surface area contributed by atoms with E-state index in [9.17, 15) is 4.79 Å². The molecule has 0 bridgehead atoms. The predicted octanol–water partition coefficient (Wildman–Crippen LogP) is 1.84. The van der Waals surface area contributed by atoms with Gasteiger partial charge in [0.05, 0.1) is 0 Å². The number of rotatable bonds is 6. The Hall–Kier alpha value is -0.710. The van der Waals surface area contributed by atoms with Crippen molar-refractivity contribution in [1.82, 2.24) is 25.0 Å². The number of guanidine groups is 1. The van der Waals surface area contributed by atoms with E-state index in [0.29, 0.717) is 11.3 Å². The molecule has 3 heterocycles. The zero-order valence-corrected chi connectivity index (χ0v) is 18.9. The summed E-state index contributed by atoms with van der Waals surface area (Å²) in [6, 6.07) is 0. The van der Waals surface area contributed by atoms with E-state index >= 15 is 0 Å². The number of hydrogen-bond acceptors (Lipinski definition) is 4. The van der Waals surface area contributed by atoms with Crippen LogP contribution in [0.15, 0.2) is 9.79 Å². The second kappa shape index (κ2) is 10.0. The molecule has 26 heavy (non-hydrogen) atoms. The number of aliphatic imine (C=N–C) groups is 1. The van der Waals surface area contributed by atoms with Gasteiger partial charge in [-0.3, -0.25) is 9.56 Å². The molecule has 0 radical (unpaired) electrons. The monoisotopic (exact) mass is 494 g/mol. The largest absolute Gasteiger partial charge is 0.356 e. The number of halogens is 1. The average Bonchev–Trinajstić information content (AvgIpc) is 3.19. The standard InChI is InChI=1S/C17H30N6OS.HI/c1-17(8-5-12-25-17)13-20-15(18-2)19-9-6-11-23-16(24)22-10-4-3-7-14(22)21-23;/h3-13H2,1-2H3,(H2,18,19,20);1H. The molecule has 7 nitrogen and oxygen atoms in total. The Morgan fingerprint density at radius 1 is 1.35 bits per heavy atom. The molecule has 0 aromatic carbocycles. The summed E-state index contributed by atoms with van der Waals surface area (Å²) in [7, 11) is 1.80. The van der Waals surface area contributed by atoms with Crippen molar-refractivity contribution in [3.8, 4) is 0 Å². The molecule has 0 spiro atoms. The first-order valence-corrected chi connectivity index (χ1v) is 10.3. The maximum Gasteiger partial charge on any atom is 0.345 e. The molecule has 1 unspecified atom stereocenters. The predicted molar refractivity (Wildman–Crippen MR) is 119 cm³/mol. The number of thioether (sulfide) groups is 1. The van der Waals surface area contributed by atoms with Crippen LogP contribution in [0.25, 0.3) is 0 Å². The SMILES string of the molecule is CN=C(NCCCn1nc2n(c1=O)CCCC2)NCC1(C)CCCS1.I. The number of hydrogen-bond donors (Lipinski definition) is 2. The van der Waals surface area contributed by atoms with E-state index in [1.165, 1.54) is 18.6 Å². The van der Waals surface area contributed by atoms with Gasteiger partial charge in [-0.25, -0.2) is 9.48 Å². The minimum atomic E-state index is 0. The molecule has 3 rings (SSSR count). The van der Waals surface area contributed by atoms with Gasteiger partial charge in [0, 0.05) is 44.4 Å². The molecule has 1 saturated heterocycles. The Morgan fingerprint density at radius 2 is 2.19 bits per heavy atom. The van der Waals surface area contributed by atoms with Gasteiger partial charge >= 0.3 is 5.69 Å². The topological polar surface area (TPSA) is 76.2 Å². The molecule has 0 amide bonds. The summed E-state index contributed by atoms with van der Waals surface area (Å²) in [5, 5.41) is 11.2. The first kappa shape index (κ1) is 21.6. The Labute approximate surface area is 176 Å². The molecule has 1 atom stereocenters. The highest BCUT2D eigenvalue weighted by molar-refractivity contribution is 14.0. The van der Waals surface area contributed by atoms with E-state index < -0.39 is 0 Å². The molecule has 9 heteroatoms. The van der Waals surface area contributed by atoms with E-state index in [4.69, 9.17) is 0 Å². The van der Waals surface area contributed by atoms with Crippen molar-refractivity contribution < 1.29 is 0 Å². The van der Waals surface area contributed by atoms with E-state index in [-0.39, 0.29) is 29.7 Å². The number of aromatic nitrogens is 3. The van der Waals surface area contributed by atoms with E-state index in [2.05, 4.69) is 27.6 Å². The fourth-order valence-electron chi connectivity index (χ4n) is 3.50. The van der Waals surface area contributed by atoms with Gasteiger partial charge in [-0.15, -0.1) is 24.0 Å². The van der Waals surface area contributed by atoms with Crippen LogP contribution in [0.1, 0.15) is 44.9 Å². The molecule has 0 saturated carbocycles. The van der Waals surface area contributed by atoms with Gasteiger partial charge in [0.1, 0.15) is 5.82 Å². The molecular weight excluding hydrogens is 463 g/mol. The van der Waals surface area contributed by atoms with Gasteiger partial charge in [-0.05, 0) is 44.8 Å². The Balaban J connectivity index is 0.00000243. The zero-order valence-electron chi connectivity index (χ0n) is 15.8. The van der Waals surface area contributed by atoms with Crippen LogP contribution in [0.3, 0.4) is 0 Å². The fraction of sp³-hybridized carbons (Fsp3) is 0.824. The van der Waals surface area contributed by atoms with Gasteiger partial charge in [0.15, 0.2) is 5.96 Å². The van der Waals surface area contributed by atoms with Gasteiger partial charge in [0.2, 0.25) is 0 Å². The van der Waals surface area contributed by atoms with E-state index in [1.54, 1.807) is 11.7 Å². The third-order valence-corrected chi connectivity index (χ3v) is 6.56. The fourth-order valence-corrected chi connectivity index (χ4v) is 4.74. The Kier molecular flexibility index (Phi) is 8.31. The van der Waals surface area contributed by atoms with Gasteiger partial charge < -0.3 is 10.6 Å². The minimum Gasteiger partial charge on any atom is -0.356 e. The molecular formula is C17H31IN6OS. The van der Waals surface area contributed by atoms with Crippen molar-refractivity contribution in [3.05, 3.63) is 16.3 Å². The first-order chi connectivity index (χ1) is 12.1.